The zero-order chi connectivity index (χ0) is 17.3. The number of hydrogen-bond acceptors (Lipinski definition) is 3. The van der Waals surface area contributed by atoms with Crippen molar-refractivity contribution < 1.29 is 27.4 Å². The van der Waals surface area contributed by atoms with E-state index in [4.69, 9.17) is 9.47 Å². The van der Waals surface area contributed by atoms with E-state index in [1.807, 2.05) is 0 Å². The molecule has 0 bridgehead atoms. The fraction of sp³-hybridized carbons (Fsp3) is 0.562. The smallest absolute Gasteiger partial charge is 0.416 e. The third-order valence-electron chi connectivity index (χ3n) is 3.28. The van der Waals surface area contributed by atoms with Gasteiger partial charge < -0.3 is 14.4 Å². The molecule has 0 aliphatic carbocycles. The van der Waals surface area contributed by atoms with E-state index >= 15 is 0 Å². The summed E-state index contributed by atoms with van der Waals surface area (Å²) in [4.78, 5) is 13.5. The molecule has 0 saturated carbocycles. The molecule has 4 nitrogen and oxygen atoms in total. The lowest BCUT2D eigenvalue weighted by Gasteiger charge is -2.24. The summed E-state index contributed by atoms with van der Waals surface area (Å²) in [5.41, 5.74) is -1.28. The molecule has 0 N–H and O–H groups in total. The number of carbonyl (C=O) groups excluding carboxylic acids is 1. The second-order valence-electron chi connectivity index (χ2n) is 6.48. The van der Waals surface area contributed by atoms with E-state index in [0.717, 1.165) is 12.1 Å². The normalized spacial score (nSPS) is 18.9. The van der Waals surface area contributed by atoms with Gasteiger partial charge in [-0.3, -0.25) is 0 Å². The van der Waals surface area contributed by atoms with Crippen LogP contribution in [0.2, 0.25) is 0 Å². The second-order valence-corrected chi connectivity index (χ2v) is 6.48. The minimum Gasteiger partial charge on any atom is -0.489 e. The van der Waals surface area contributed by atoms with E-state index in [0.29, 0.717) is 25.3 Å². The molecule has 1 aromatic carbocycles. The Morgan fingerprint density at radius 2 is 1.78 bits per heavy atom. The van der Waals surface area contributed by atoms with Crippen molar-refractivity contribution in [1.29, 1.82) is 0 Å². The number of alkyl halides is 3. The van der Waals surface area contributed by atoms with Crippen molar-refractivity contribution in [2.24, 2.45) is 0 Å². The van der Waals surface area contributed by atoms with Gasteiger partial charge in [-0.25, -0.2) is 4.79 Å². The summed E-state index contributed by atoms with van der Waals surface area (Å²) < 4.78 is 48.4. The lowest BCUT2D eigenvalue weighted by molar-refractivity contribution is -0.137. The van der Waals surface area contributed by atoms with Crippen molar-refractivity contribution in [2.45, 2.75) is 45.1 Å². The molecule has 0 aromatic heterocycles. The van der Waals surface area contributed by atoms with Crippen LogP contribution in [0.3, 0.4) is 0 Å². The van der Waals surface area contributed by atoms with Gasteiger partial charge in [-0.1, -0.05) is 0 Å². The van der Waals surface area contributed by atoms with Crippen LogP contribution in [-0.4, -0.2) is 35.8 Å². The Hall–Kier alpha value is -1.92. The lowest BCUT2D eigenvalue weighted by Crippen LogP contribution is -2.36. The Kier molecular flexibility index (Phi) is 4.77. The average molecular weight is 331 g/mol. The standard InChI is InChI=1S/C16H20F3NO3/c1-15(2,3)23-14(21)20-9-8-13(10-20)22-12-6-4-11(5-7-12)16(17,18)19/h4-7,13H,8-10H2,1-3H3/t13-/m1/s1. The van der Waals surface area contributed by atoms with Gasteiger partial charge in [-0.2, -0.15) is 13.2 Å². The first-order valence-electron chi connectivity index (χ1n) is 7.36. The highest BCUT2D eigenvalue weighted by atomic mass is 19.4. The molecule has 128 valence electrons. The number of nitrogens with zero attached hydrogens (tertiary/aromatic N) is 1. The van der Waals surface area contributed by atoms with Gasteiger partial charge in [0.1, 0.15) is 17.5 Å². The van der Waals surface area contributed by atoms with E-state index in [2.05, 4.69) is 0 Å². The van der Waals surface area contributed by atoms with Crippen LogP contribution in [0.25, 0.3) is 0 Å². The SMILES string of the molecule is CC(C)(C)OC(=O)N1CC[C@@H](Oc2ccc(C(F)(F)F)cc2)C1. The number of amides is 1. The summed E-state index contributed by atoms with van der Waals surface area (Å²) in [6.45, 7) is 6.22. The largest absolute Gasteiger partial charge is 0.489 e. The molecule has 7 heteroatoms. The van der Waals surface area contributed by atoms with Gasteiger partial charge in [0.15, 0.2) is 0 Å². The number of halogens is 3. The number of carbonyl (C=O) groups is 1. The molecule has 1 aliphatic heterocycles. The maximum absolute atomic E-state index is 12.5. The quantitative estimate of drug-likeness (QED) is 0.819. The van der Waals surface area contributed by atoms with Gasteiger partial charge in [0.05, 0.1) is 12.1 Å². The Morgan fingerprint density at radius 3 is 2.30 bits per heavy atom. The molecule has 0 radical (unpaired) electrons. The predicted octanol–water partition coefficient (Wildman–Crippen LogP) is 4.09. The topological polar surface area (TPSA) is 38.8 Å². The Morgan fingerprint density at radius 1 is 1.17 bits per heavy atom. The molecule has 1 atom stereocenters. The zero-order valence-corrected chi connectivity index (χ0v) is 13.3. The second kappa shape index (κ2) is 6.29. The minimum absolute atomic E-state index is 0.251. The Balaban J connectivity index is 1.89. The van der Waals surface area contributed by atoms with Crippen LogP contribution in [0.15, 0.2) is 24.3 Å². The van der Waals surface area contributed by atoms with E-state index in [1.54, 1.807) is 25.7 Å². The number of ether oxygens (including phenoxy) is 2. The summed E-state index contributed by atoms with van der Waals surface area (Å²) in [5, 5.41) is 0. The molecule has 1 saturated heterocycles. The predicted molar refractivity (Wildman–Crippen MR) is 78.3 cm³/mol. The van der Waals surface area contributed by atoms with E-state index in [-0.39, 0.29) is 6.10 Å². The van der Waals surface area contributed by atoms with Crippen molar-refractivity contribution in [1.82, 2.24) is 4.90 Å². The molecule has 1 heterocycles. The van der Waals surface area contributed by atoms with Crippen molar-refractivity contribution >= 4 is 6.09 Å². The fourth-order valence-electron chi connectivity index (χ4n) is 2.23. The molecule has 1 amide bonds. The van der Waals surface area contributed by atoms with Gasteiger partial charge in [0.25, 0.3) is 0 Å². The molecular weight excluding hydrogens is 311 g/mol. The molecule has 0 unspecified atom stereocenters. The van der Waals surface area contributed by atoms with Crippen molar-refractivity contribution in [3.63, 3.8) is 0 Å². The van der Waals surface area contributed by atoms with E-state index in [9.17, 15) is 18.0 Å². The van der Waals surface area contributed by atoms with Crippen LogP contribution >= 0.6 is 0 Å². The Bertz CT molecular complexity index is 549. The maximum atomic E-state index is 12.5. The first-order valence-corrected chi connectivity index (χ1v) is 7.36. The number of hydrogen-bond donors (Lipinski definition) is 0. The van der Waals surface area contributed by atoms with Crippen LogP contribution in [0, 0.1) is 0 Å². The third kappa shape index (κ3) is 5.04. The van der Waals surface area contributed by atoms with Gasteiger partial charge in [-0.15, -0.1) is 0 Å². The first-order chi connectivity index (χ1) is 10.5. The summed E-state index contributed by atoms with van der Waals surface area (Å²) in [6, 6.07) is 4.55. The van der Waals surface area contributed by atoms with Gasteiger partial charge in [0, 0.05) is 13.0 Å². The van der Waals surface area contributed by atoms with Crippen LogP contribution in [0.1, 0.15) is 32.8 Å². The van der Waals surface area contributed by atoms with Gasteiger partial charge >= 0.3 is 12.3 Å². The monoisotopic (exact) mass is 331 g/mol. The van der Waals surface area contributed by atoms with Crippen molar-refractivity contribution in [3.05, 3.63) is 29.8 Å². The maximum Gasteiger partial charge on any atom is 0.416 e. The highest BCUT2D eigenvalue weighted by molar-refractivity contribution is 5.68. The average Bonchev–Trinajstić information content (AvgIpc) is 2.85. The van der Waals surface area contributed by atoms with Gasteiger partial charge in [0.2, 0.25) is 0 Å². The van der Waals surface area contributed by atoms with E-state index < -0.39 is 23.4 Å². The molecular formula is C16H20F3NO3. The van der Waals surface area contributed by atoms with Crippen molar-refractivity contribution in [3.8, 4) is 5.75 Å². The van der Waals surface area contributed by atoms with Crippen LogP contribution < -0.4 is 4.74 Å². The third-order valence-corrected chi connectivity index (χ3v) is 3.28. The number of rotatable bonds is 2. The molecule has 2 rings (SSSR count). The van der Waals surface area contributed by atoms with Gasteiger partial charge in [-0.05, 0) is 45.0 Å². The molecule has 1 aliphatic rings. The summed E-state index contributed by atoms with van der Waals surface area (Å²) in [5.74, 6) is 0.356. The van der Waals surface area contributed by atoms with Crippen LogP contribution in [-0.2, 0) is 10.9 Å². The molecule has 23 heavy (non-hydrogen) atoms. The van der Waals surface area contributed by atoms with Crippen LogP contribution in [0.4, 0.5) is 18.0 Å². The highest BCUT2D eigenvalue weighted by Gasteiger charge is 2.32. The summed E-state index contributed by atoms with van der Waals surface area (Å²) in [6.07, 6.45) is -4.41. The minimum atomic E-state index is -4.36. The summed E-state index contributed by atoms with van der Waals surface area (Å²) >= 11 is 0. The molecule has 1 aromatic rings. The highest BCUT2D eigenvalue weighted by Crippen LogP contribution is 2.30. The van der Waals surface area contributed by atoms with E-state index in [1.165, 1.54) is 12.1 Å². The first kappa shape index (κ1) is 17.4. The van der Waals surface area contributed by atoms with Crippen LogP contribution in [0.5, 0.6) is 5.75 Å². The fourth-order valence-corrected chi connectivity index (χ4v) is 2.23. The Labute approximate surface area is 133 Å². The lowest BCUT2D eigenvalue weighted by atomic mass is 10.2. The number of benzene rings is 1. The van der Waals surface area contributed by atoms with Crippen molar-refractivity contribution in [2.75, 3.05) is 13.1 Å². The molecule has 1 fully saturated rings. The summed E-state index contributed by atoms with van der Waals surface area (Å²) in [7, 11) is 0. The zero-order valence-electron chi connectivity index (χ0n) is 13.3. The molecule has 0 spiro atoms. The number of likely N-dealkylation sites (tertiary alicyclic amines) is 1.